The summed E-state index contributed by atoms with van der Waals surface area (Å²) < 4.78 is 0. The molecule has 0 saturated heterocycles. The van der Waals surface area contributed by atoms with E-state index < -0.39 is 0 Å². The fourth-order valence-corrected chi connectivity index (χ4v) is 0.497. The summed E-state index contributed by atoms with van der Waals surface area (Å²) in [5.74, 6) is 0. The van der Waals surface area contributed by atoms with Crippen molar-refractivity contribution in [1.82, 2.24) is 4.98 Å². The maximum Gasteiger partial charge on any atom is 0.0623 e. The Balaban J connectivity index is -0.0000000267. The lowest BCUT2D eigenvalue weighted by Crippen LogP contribution is -1.73. The van der Waals surface area contributed by atoms with Crippen LogP contribution in [0, 0.1) is 0 Å². The Hall–Kier alpha value is 3.27. The molecule has 0 amide bonds. The predicted molar refractivity (Wildman–Crippen MR) is 127 cm³/mol. The van der Waals surface area contributed by atoms with Crippen LogP contribution in [0.2, 0.25) is 0 Å². The normalized spacial score (nSPS) is 4.86. The molecular weight excluding hydrogens is 860 g/mol. The molecule has 0 radical (unpaired) electrons. The van der Waals surface area contributed by atoms with Gasteiger partial charge in [-0.25, -0.2) is 0 Å². The van der Waals surface area contributed by atoms with Gasteiger partial charge in [0.2, 0.25) is 0 Å². The molecule has 0 fully saturated rings. The number of rotatable bonds is 1. The standard InChI is InChI=1S/C7H7N.6HI/c1-2-7-5-3-4-6-8-7;;;;;;/h2-6H,1H2;6*1H. The molecule has 0 aliphatic carbocycles. The Morgan fingerprint density at radius 1 is 0.929 bits per heavy atom. The Morgan fingerprint density at radius 3 is 1.64 bits per heavy atom. The minimum absolute atomic E-state index is 0. The zero-order valence-electron chi connectivity index (χ0n) is 6.99. The molecule has 7 heteroatoms. The molecule has 0 unspecified atom stereocenters. The van der Waals surface area contributed by atoms with Crippen LogP contribution < -0.4 is 0 Å². The Morgan fingerprint density at radius 2 is 1.43 bits per heavy atom. The summed E-state index contributed by atoms with van der Waals surface area (Å²) >= 11 is 0. The molecule has 1 rings (SSSR count). The van der Waals surface area contributed by atoms with Crippen LogP contribution in [0.4, 0.5) is 0 Å². The van der Waals surface area contributed by atoms with Gasteiger partial charge in [-0.05, 0) is 18.2 Å². The first-order valence-corrected chi connectivity index (χ1v) is 2.47. The molecule has 0 bridgehead atoms. The molecule has 14 heavy (non-hydrogen) atoms. The smallest absolute Gasteiger partial charge is 0.0623 e. The van der Waals surface area contributed by atoms with Crippen LogP contribution in [0.25, 0.3) is 6.08 Å². The summed E-state index contributed by atoms with van der Waals surface area (Å²) in [7, 11) is 0. The van der Waals surface area contributed by atoms with Gasteiger partial charge in [-0.2, -0.15) is 0 Å². The molecular formula is C7H13I6N. The number of aromatic nitrogens is 1. The third-order valence-corrected chi connectivity index (χ3v) is 0.897. The molecule has 1 nitrogen and oxygen atoms in total. The van der Waals surface area contributed by atoms with Crippen LogP contribution in [-0.4, -0.2) is 4.98 Å². The average Bonchev–Trinajstić information content (AvgIpc) is 1.90. The fraction of sp³-hybridized carbons (Fsp3) is 0. The van der Waals surface area contributed by atoms with Gasteiger partial charge in [0, 0.05) is 6.20 Å². The van der Waals surface area contributed by atoms with Crippen LogP contribution in [0.1, 0.15) is 5.69 Å². The summed E-state index contributed by atoms with van der Waals surface area (Å²) in [5.41, 5.74) is 0.924. The lowest BCUT2D eigenvalue weighted by molar-refractivity contribution is 1.30. The van der Waals surface area contributed by atoms with Crippen LogP contribution in [-0.2, 0) is 0 Å². The zero-order valence-corrected chi connectivity index (χ0v) is 21.0. The summed E-state index contributed by atoms with van der Waals surface area (Å²) in [4.78, 5) is 3.98. The number of hydrogen-bond donors (Lipinski definition) is 0. The first kappa shape index (κ1) is 36.0. The minimum atomic E-state index is 0. The SMILES string of the molecule is C=Cc1ccccn1.I.I.I.I.I.I. The van der Waals surface area contributed by atoms with E-state index in [-0.39, 0.29) is 144 Å². The van der Waals surface area contributed by atoms with Gasteiger partial charge in [-0.15, -0.1) is 144 Å². The lowest BCUT2D eigenvalue weighted by Gasteiger charge is -1.84. The van der Waals surface area contributed by atoms with E-state index in [1.807, 2.05) is 18.2 Å². The van der Waals surface area contributed by atoms with E-state index in [4.69, 9.17) is 0 Å². The van der Waals surface area contributed by atoms with Crippen molar-refractivity contribution in [3.8, 4) is 0 Å². The number of hydrogen-bond acceptors (Lipinski definition) is 1. The van der Waals surface area contributed by atoms with Crippen molar-refractivity contribution >= 4 is 150 Å². The molecule has 0 atom stereocenters. The van der Waals surface area contributed by atoms with Crippen molar-refractivity contribution in [2.24, 2.45) is 0 Å². The first-order chi connectivity index (χ1) is 3.93. The molecule has 0 spiro atoms. The van der Waals surface area contributed by atoms with E-state index in [9.17, 15) is 0 Å². The quantitative estimate of drug-likeness (QED) is 0.344. The Labute approximate surface area is 188 Å². The van der Waals surface area contributed by atoms with Crippen molar-refractivity contribution in [1.29, 1.82) is 0 Å². The summed E-state index contributed by atoms with van der Waals surface area (Å²) in [6.07, 6.45) is 3.47. The second kappa shape index (κ2) is 25.2. The van der Waals surface area contributed by atoms with Crippen molar-refractivity contribution in [2.75, 3.05) is 0 Å². The molecule has 1 aromatic rings. The monoisotopic (exact) mass is 873 g/mol. The maximum atomic E-state index is 3.98. The first-order valence-electron chi connectivity index (χ1n) is 2.47. The summed E-state index contributed by atoms with van der Waals surface area (Å²) in [6.45, 7) is 3.57. The van der Waals surface area contributed by atoms with Crippen LogP contribution in [0.3, 0.4) is 0 Å². The van der Waals surface area contributed by atoms with Crippen molar-refractivity contribution in [3.05, 3.63) is 36.7 Å². The molecule has 1 aromatic heterocycles. The Kier molecular flexibility index (Phi) is 64.8. The van der Waals surface area contributed by atoms with Crippen molar-refractivity contribution in [3.63, 3.8) is 0 Å². The predicted octanol–water partition coefficient (Wildman–Crippen LogP) is 5.43. The van der Waals surface area contributed by atoms with Gasteiger partial charge < -0.3 is 0 Å². The molecule has 88 valence electrons. The van der Waals surface area contributed by atoms with Gasteiger partial charge in [0.1, 0.15) is 0 Å². The highest BCUT2D eigenvalue weighted by molar-refractivity contribution is 14.0. The zero-order chi connectivity index (χ0) is 5.82. The fourth-order valence-electron chi connectivity index (χ4n) is 0.497. The van der Waals surface area contributed by atoms with Gasteiger partial charge >= 0.3 is 0 Å². The second-order valence-corrected chi connectivity index (χ2v) is 1.46. The van der Waals surface area contributed by atoms with E-state index >= 15 is 0 Å². The van der Waals surface area contributed by atoms with E-state index in [0.717, 1.165) is 5.69 Å². The maximum absolute atomic E-state index is 3.98. The molecule has 0 aliphatic rings. The van der Waals surface area contributed by atoms with Gasteiger partial charge in [-0.3, -0.25) is 4.98 Å². The minimum Gasteiger partial charge on any atom is -0.257 e. The number of halogens is 6. The van der Waals surface area contributed by atoms with Crippen LogP contribution in [0.5, 0.6) is 0 Å². The molecule has 0 aromatic carbocycles. The summed E-state index contributed by atoms with van der Waals surface area (Å²) in [5, 5.41) is 0. The number of pyridine rings is 1. The topological polar surface area (TPSA) is 12.9 Å². The molecule has 0 N–H and O–H groups in total. The summed E-state index contributed by atoms with van der Waals surface area (Å²) in [6, 6.07) is 5.73. The second-order valence-electron chi connectivity index (χ2n) is 1.46. The van der Waals surface area contributed by atoms with E-state index in [2.05, 4.69) is 11.6 Å². The third kappa shape index (κ3) is 17.7. The van der Waals surface area contributed by atoms with Gasteiger partial charge in [0.15, 0.2) is 0 Å². The van der Waals surface area contributed by atoms with Crippen molar-refractivity contribution in [2.45, 2.75) is 0 Å². The highest BCUT2D eigenvalue weighted by Crippen LogP contribution is 1.91. The largest absolute Gasteiger partial charge is 0.257 e. The Bertz CT molecular complexity index is 181. The van der Waals surface area contributed by atoms with Gasteiger partial charge in [0.05, 0.1) is 5.69 Å². The van der Waals surface area contributed by atoms with Crippen molar-refractivity contribution < 1.29 is 0 Å². The average molecular weight is 873 g/mol. The number of nitrogens with zero attached hydrogens (tertiary/aromatic N) is 1. The van der Waals surface area contributed by atoms with E-state index in [1.54, 1.807) is 12.3 Å². The molecule has 0 aliphatic heterocycles. The lowest BCUT2D eigenvalue weighted by atomic mass is 10.4. The van der Waals surface area contributed by atoms with Crippen LogP contribution in [0.15, 0.2) is 31.0 Å². The van der Waals surface area contributed by atoms with E-state index in [0.29, 0.717) is 0 Å². The highest BCUT2D eigenvalue weighted by atomic mass is 127. The molecule has 0 saturated carbocycles. The van der Waals surface area contributed by atoms with Crippen LogP contribution >= 0.6 is 144 Å². The molecule has 1 heterocycles. The van der Waals surface area contributed by atoms with Gasteiger partial charge in [0.25, 0.3) is 0 Å². The van der Waals surface area contributed by atoms with E-state index in [1.165, 1.54) is 0 Å². The third-order valence-electron chi connectivity index (χ3n) is 0.897. The van der Waals surface area contributed by atoms with Gasteiger partial charge in [-0.1, -0.05) is 12.6 Å². The highest BCUT2D eigenvalue weighted by Gasteiger charge is 1.77.